The van der Waals surface area contributed by atoms with Crippen molar-refractivity contribution in [3.63, 3.8) is 0 Å². The third-order valence-electron chi connectivity index (χ3n) is 6.59. The molecule has 2 aliphatic heterocycles. The molecule has 1 saturated heterocycles. The summed E-state index contributed by atoms with van der Waals surface area (Å²) >= 11 is 0. The van der Waals surface area contributed by atoms with Gasteiger partial charge >= 0.3 is 0 Å². The molecule has 3 N–H and O–H groups in total. The zero-order valence-electron chi connectivity index (χ0n) is 17.5. The van der Waals surface area contributed by atoms with Gasteiger partial charge in [0.25, 0.3) is 0 Å². The summed E-state index contributed by atoms with van der Waals surface area (Å²) in [6.45, 7) is 6.84. The van der Waals surface area contributed by atoms with Crippen molar-refractivity contribution < 1.29 is 29.1 Å². The van der Waals surface area contributed by atoms with E-state index in [4.69, 9.17) is 14.2 Å². The second kappa shape index (κ2) is 8.84. The maximum absolute atomic E-state index is 10.5. The predicted molar refractivity (Wildman–Crippen MR) is 112 cm³/mol. The van der Waals surface area contributed by atoms with E-state index in [1.807, 2.05) is 12.1 Å². The zero-order valence-corrected chi connectivity index (χ0v) is 17.5. The first kappa shape index (κ1) is 19.7. The first-order valence-corrected chi connectivity index (χ1v) is 11.2. The van der Waals surface area contributed by atoms with Gasteiger partial charge in [0.2, 0.25) is 6.79 Å². The smallest absolute Gasteiger partial charge is 0.231 e. The van der Waals surface area contributed by atoms with Crippen molar-refractivity contribution in [2.24, 2.45) is 0 Å². The van der Waals surface area contributed by atoms with Crippen LogP contribution >= 0.6 is 0 Å². The number of quaternary nitrogens is 2. The van der Waals surface area contributed by atoms with E-state index in [9.17, 15) is 5.11 Å². The highest BCUT2D eigenvalue weighted by atomic mass is 16.7. The van der Waals surface area contributed by atoms with Crippen LogP contribution in [0.25, 0.3) is 0 Å². The van der Waals surface area contributed by atoms with E-state index in [1.165, 1.54) is 34.4 Å². The molecular weight excluding hydrogens is 380 g/mol. The van der Waals surface area contributed by atoms with Crippen molar-refractivity contribution >= 4 is 0 Å². The Morgan fingerprint density at radius 1 is 0.900 bits per heavy atom. The quantitative estimate of drug-likeness (QED) is 0.581. The molecule has 0 bridgehead atoms. The van der Waals surface area contributed by atoms with Crippen LogP contribution in [0.5, 0.6) is 17.2 Å². The van der Waals surface area contributed by atoms with Crippen LogP contribution in [0.15, 0.2) is 36.4 Å². The third-order valence-corrected chi connectivity index (χ3v) is 6.59. The summed E-state index contributed by atoms with van der Waals surface area (Å²) in [7, 11) is 0. The van der Waals surface area contributed by atoms with E-state index in [2.05, 4.69) is 24.3 Å². The Labute approximate surface area is 178 Å². The average Bonchev–Trinajstić information content (AvgIpc) is 3.42. The fourth-order valence-corrected chi connectivity index (χ4v) is 4.90. The summed E-state index contributed by atoms with van der Waals surface area (Å²) in [6.07, 6.45) is 3.15. The van der Waals surface area contributed by atoms with Gasteiger partial charge in [0.1, 0.15) is 57.7 Å². The van der Waals surface area contributed by atoms with Crippen molar-refractivity contribution in [1.29, 1.82) is 0 Å². The van der Waals surface area contributed by atoms with Gasteiger partial charge in [-0.1, -0.05) is 6.07 Å². The molecule has 1 atom stereocenters. The molecule has 0 aromatic heterocycles. The summed E-state index contributed by atoms with van der Waals surface area (Å²) in [5.41, 5.74) is 4.16. The topological polar surface area (TPSA) is 56.8 Å². The second-order valence-corrected chi connectivity index (χ2v) is 8.82. The summed E-state index contributed by atoms with van der Waals surface area (Å²) in [6, 6.07) is 12.6. The summed E-state index contributed by atoms with van der Waals surface area (Å²) < 4.78 is 16.8. The minimum Gasteiger partial charge on any atom is -0.491 e. The number of aliphatic hydroxyl groups is 1. The molecule has 6 nitrogen and oxygen atoms in total. The number of ether oxygens (including phenoxy) is 3. The fourth-order valence-electron chi connectivity index (χ4n) is 4.90. The molecule has 0 amide bonds. The van der Waals surface area contributed by atoms with E-state index < -0.39 is 6.10 Å². The van der Waals surface area contributed by atoms with Gasteiger partial charge in [0, 0.05) is 5.56 Å². The lowest BCUT2D eigenvalue weighted by Gasteiger charge is -2.30. The molecule has 5 rings (SSSR count). The lowest BCUT2D eigenvalue weighted by Crippen LogP contribution is -3.28. The van der Waals surface area contributed by atoms with Crippen molar-refractivity contribution in [3.8, 4) is 17.2 Å². The average molecular weight is 413 g/mol. The summed E-state index contributed by atoms with van der Waals surface area (Å²) in [4.78, 5) is 3.05. The number of piperazine rings is 1. The van der Waals surface area contributed by atoms with E-state index in [0.717, 1.165) is 62.9 Å². The molecule has 0 spiro atoms. The van der Waals surface area contributed by atoms with E-state index in [-0.39, 0.29) is 0 Å². The first-order valence-electron chi connectivity index (χ1n) is 11.2. The summed E-state index contributed by atoms with van der Waals surface area (Å²) in [5.74, 6) is 2.60. The lowest BCUT2D eigenvalue weighted by molar-refractivity contribution is -1.02. The van der Waals surface area contributed by atoms with Gasteiger partial charge in [-0.15, -0.1) is 0 Å². The number of aryl methyl sites for hydroxylation is 2. The Hall–Kier alpha value is -2.28. The molecule has 30 heavy (non-hydrogen) atoms. The third kappa shape index (κ3) is 4.56. The van der Waals surface area contributed by atoms with Crippen molar-refractivity contribution in [2.45, 2.75) is 31.9 Å². The maximum atomic E-state index is 10.5. The van der Waals surface area contributed by atoms with Gasteiger partial charge in [0.05, 0.1) is 0 Å². The second-order valence-electron chi connectivity index (χ2n) is 8.82. The summed E-state index contributed by atoms with van der Waals surface area (Å²) in [5, 5.41) is 10.5. The van der Waals surface area contributed by atoms with Crippen LogP contribution in [0.2, 0.25) is 0 Å². The van der Waals surface area contributed by atoms with E-state index >= 15 is 0 Å². The Balaban J connectivity index is 1.04. The van der Waals surface area contributed by atoms with Crippen LogP contribution in [-0.4, -0.2) is 57.3 Å². The van der Waals surface area contributed by atoms with Crippen LogP contribution < -0.4 is 24.0 Å². The van der Waals surface area contributed by atoms with Crippen molar-refractivity contribution in [1.82, 2.24) is 0 Å². The van der Waals surface area contributed by atoms with Crippen LogP contribution in [0.3, 0.4) is 0 Å². The minimum absolute atomic E-state index is 0.326. The van der Waals surface area contributed by atoms with Crippen molar-refractivity contribution in [2.75, 3.05) is 46.1 Å². The molecule has 0 unspecified atom stereocenters. The number of benzene rings is 2. The van der Waals surface area contributed by atoms with E-state index in [0.29, 0.717) is 13.4 Å². The number of fused-ring (bicyclic) bond motifs is 2. The fraction of sp³-hybridized carbons (Fsp3) is 0.500. The normalized spacial score (nSPS) is 23.2. The standard InChI is InChI=1S/C24H30N2O4/c27-21(16-28-22-6-5-19-2-1-3-20(19)13-22)15-26-10-8-25(9-11-26)14-18-4-7-23-24(12-18)30-17-29-23/h4-7,12-13,21,27H,1-3,8-11,14-17H2/p+2/t21-/m1/s1. The number of rotatable bonds is 7. The lowest BCUT2D eigenvalue weighted by atomic mass is 10.1. The Morgan fingerprint density at radius 2 is 1.70 bits per heavy atom. The highest BCUT2D eigenvalue weighted by Crippen LogP contribution is 2.32. The molecule has 1 aliphatic carbocycles. The molecule has 3 aliphatic rings. The van der Waals surface area contributed by atoms with Gasteiger partial charge < -0.3 is 29.1 Å². The highest BCUT2D eigenvalue weighted by molar-refractivity contribution is 5.44. The van der Waals surface area contributed by atoms with Gasteiger partial charge in [0.15, 0.2) is 11.5 Å². The molecule has 160 valence electrons. The van der Waals surface area contributed by atoms with E-state index in [1.54, 1.807) is 4.90 Å². The molecule has 2 aromatic rings. The number of hydrogen-bond donors (Lipinski definition) is 3. The van der Waals surface area contributed by atoms with Gasteiger partial charge in [-0.05, 0) is 60.7 Å². The van der Waals surface area contributed by atoms with Crippen LogP contribution in [0.4, 0.5) is 0 Å². The minimum atomic E-state index is -0.427. The molecule has 1 fully saturated rings. The van der Waals surface area contributed by atoms with Crippen LogP contribution in [0.1, 0.15) is 23.1 Å². The van der Waals surface area contributed by atoms with Crippen molar-refractivity contribution in [3.05, 3.63) is 53.1 Å². The largest absolute Gasteiger partial charge is 0.491 e. The molecule has 0 saturated carbocycles. The molecular formula is C24H32N2O4+2. The number of hydrogen-bond acceptors (Lipinski definition) is 4. The first-order chi connectivity index (χ1) is 14.7. The molecule has 0 radical (unpaired) electrons. The van der Waals surface area contributed by atoms with Gasteiger partial charge in [-0.3, -0.25) is 0 Å². The predicted octanol–water partition coefficient (Wildman–Crippen LogP) is -0.373. The SMILES string of the molecule is O[C@@H](COc1ccc2c(c1)CCC2)C[NH+]1CC[NH+](Cc2ccc3c(c2)OCO3)CC1. The number of nitrogens with one attached hydrogen (secondary N) is 2. The maximum Gasteiger partial charge on any atom is 0.231 e. The Bertz CT molecular complexity index is 880. The van der Waals surface area contributed by atoms with Gasteiger partial charge in [-0.2, -0.15) is 0 Å². The molecule has 6 heteroatoms. The highest BCUT2D eigenvalue weighted by Gasteiger charge is 2.26. The van der Waals surface area contributed by atoms with Gasteiger partial charge in [-0.25, -0.2) is 0 Å². The molecule has 2 aromatic carbocycles. The molecule has 2 heterocycles. The Morgan fingerprint density at radius 3 is 2.60 bits per heavy atom. The number of aliphatic hydroxyl groups excluding tert-OH is 1. The van der Waals surface area contributed by atoms with Crippen LogP contribution in [0, 0.1) is 0 Å². The Kier molecular flexibility index (Phi) is 5.79. The monoisotopic (exact) mass is 412 g/mol. The van der Waals surface area contributed by atoms with Crippen LogP contribution in [-0.2, 0) is 19.4 Å². The zero-order chi connectivity index (χ0) is 20.3.